The summed E-state index contributed by atoms with van der Waals surface area (Å²) < 4.78 is 36.6. The van der Waals surface area contributed by atoms with Crippen LogP contribution in [0, 0.1) is 0 Å². The number of phenolic OH excluding ortho intramolecular Hbond substituents is 1. The van der Waals surface area contributed by atoms with E-state index in [4.69, 9.17) is 9.26 Å². The molecule has 116 valence electrons. The second kappa shape index (κ2) is 4.91. The molecule has 22 heavy (non-hydrogen) atoms. The molecule has 0 bridgehead atoms. The Hall–Kier alpha value is -2.75. The lowest BCUT2D eigenvalue weighted by atomic mass is 10.2. The molecular formula is C12H11N3O6S. The van der Waals surface area contributed by atoms with Crippen LogP contribution in [0.25, 0.3) is 11.0 Å². The molecule has 1 aliphatic rings. The minimum absolute atomic E-state index is 0.0718. The van der Waals surface area contributed by atoms with Gasteiger partial charge in [-0.15, -0.1) is 0 Å². The maximum Gasteiger partial charge on any atom is 0.326 e. The van der Waals surface area contributed by atoms with Crippen LogP contribution in [0.5, 0.6) is 11.6 Å². The van der Waals surface area contributed by atoms with E-state index in [2.05, 4.69) is 11.7 Å². The smallest absolute Gasteiger partial charge is 0.326 e. The van der Waals surface area contributed by atoms with Crippen molar-refractivity contribution >= 4 is 32.8 Å². The number of nitrogens with zero attached hydrogens (tertiary/aromatic N) is 2. The summed E-state index contributed by atoms with van der Waals surface area (Å²) in [4.78, 5) is 11.3. The average Bonchev–Trinajstić information content (AvgIpc) is 2.95. The van der Waals surface area contributed by atoms with Gasteiger partial charge in [-0.05, 0) is 11.2 Å². The monoisotopic (exact) mass is 325 g/mol. The molecule has 1 aliphatic heterocycles. The van der Waals surface area contributed by atoms with Crippen molar-refractivity contribution in [1.82, 2.24) is 9.88 Å². The van der Waals surface area contributed by atoms with Crippen LogP contribution in [0.4, 0.5) is 5.69 Å². The minimum atomic E-state index is -4.03. The number of carbonyl (C=O) groups is 1. The first-order valence-corrected chi connectivity index (χ1v) is 7.56. The Balaban J connectivity index is 2.11. The lowest BCUT2D eigenvalue weighted by Crippen LogP contribution is -2.29. The topological polar surface area (TPSA) is 122 Å². The predicted molar refractivity (Wildman–Crippen MR) is 75.8 cm³/mol. The third-order valence-electron chi connectivity index (χ3n) is 2.96. The van der Waals surface area contributed by atoms with Gasteiger partial charge < -0.3 is 14.4 Å². The summed E-state index contributed by atoms with van der Waals surface area (Å²) in [5.41, 5.74) is 0.147. The maximum atomic E-state index is 11.9. The number of aromatic nitrogens is 1. The third kappa shape index (κ3) is 2.22. The second-order valence-corrected chi connectivity index (χ2v) is 6.06. The number of anilines is 1. The zero-order valence-corrected chi connectivity index (χ0v) is 12.0. The van der Waals surface area contributed by atoms with Crippen molar-refractivity contribution in [2.45, 2.75) is 0 Å². The minimum Gasteiger partial charge on any atom is -0.506 e. The standard InChI is InChI=1S/C12H11N3O6S/c1-2-3-20-12-7-4-8(9(16)5-10(7)21-13-12)15-6-11(17)14-22(15,18)19/h2,4-5,16H,1,3,6H2,(H,14,17). The average molecular weight is 325 g/mol. The zero-order valence-electron chi connectivity index (χ0n) is 11.1. The number of hydrogen-bond acceptors (Lipinski definition) is 7. The summed E-state index contributed by atoms with van der Waals surface area (Å²) >= 11 is 0. The van der Waals surface area contributed by atoms with Gasteiger partial charge in [0.2, 0.25) is 0 Å². The molecule has 0 aliphatic carbocycles. The summed E-state index contributed by atoms with van der Waals surface area (Å²) in [5.74, 6) is -0.918. The van der Waals surface area contributed by atoms with Crippen molar-refractivity contribution in [3.05, 3.63) is 24.8 Å². The van der Waals surface area contributed by atoms with Gasteiger partial charge in [0.15, 0.2) is 5.58 Å². The number of nitrogens with one attached hydrogen (secondary N) is 1. The third-order valence-corrected chi connectivity index (χ3v) is 4.35. The van der Waals surface area contributed by atoms with Crippen LogP contribution in [0.1, 0.15) is 0 Å². The van der Waals surface area contributed by atoms with E-state index in [1.165, 1.54) is 18.2 Å². The van der Waals surface area contributed by atoms with E-state index in [0.29, 0.717) is 5.39 Å². The highest BCUT2D eigenvalue weighted by molar-refractivity contribution is 7.92. The van der Waals surface area contributed by atoms with Gasteiger partial charge in [0.1, 0.15) is 18.9 Å². The van der Waals surface area contributed by atoms with E-state index < -0.39 is 22.7 Å². The fraction of sp³-hybridized carbons (Fsp3) is 0.167. The molecule has 10 heteroatoms. The van der Waals surface area contributed by atoms with Crippen molar-refractivity contribution in [2.75, 3.05) is 17.5 Å². The molecule has 2 aromatic rings. The number of hydrogen-bond donors (Lipinski definition) is 2. The van der Waals surface area contributed by atoms with Crippen LogP contribution in [0.3, 0.4) is 0 Å². The van der Waals surface area contributed by atoms with Crippen LogP contribution in [-0.2, 0) is 15.0 Å². The summed E-state index contributed by atoms with van der Waals surface area (Å²) in [6.45, 7) is 3.26. The quantitative estimate of drug-likeness (QED) is 0.774. The number of carbonyl (C=O) groups excluding carboxylic acids is 1. The first-order chi connectivity index (χ1) is 10.4. The predicted octanol–water partition coefficient (Wildman–Crippen LogP) is 0.279. The highest BCUT2D eigenvalue weighted by Gasteiger charge is 2.36. The van der Waals surface area contributed by atoms with Crippen molar-refractivity contribution in [2.24, 2.45) is 0 Å². The summed E-state index contributed by atoms with van der Waals surface area (Å²) in [7, 11) is -4.03. The van der Waals surface area contributed by atoms with Crippen molar-refractivity contribution < 1.29 is 27.6 Å². The molecule has 0 radical (unpaired) electrons. The molecule has 1 amide bonds. The Morgan fingerprint density at radius 2 is 2.32 bits per heavy atom. The molecule has 0 unspecified atom stereocenters. The number of rotatable bonds is 4. The molecule has 0 spiro atoms. The van der Waals surface area contributed by atoms with E-state index >= 15 is 0 Å². The van der Waals surface area contributed by atoms with Crippen LogP contribution in [0.2, 0.25) is 0 Å². The molecule has 1 saturated heterocycles. The van der Waals surface area contributed by atoms with E-state index in [1.807, 2.05) is 4.72 Å². The first-order valence-electron chi connectivity index (χ1n) is 6.12. The van der Waals surface area contributed by atoms with Crippen LogP contribution < -0.4 is 13.8 Å². The van der Waals surface area contributed by atoms with E-state index in [-0.39, 0.29) is 29.5 Å². The van der Waals surface area contributed by atoms with E-state index in [9.17, 15) is 18.3 Å². The van der Waals surface area contributed by atoms with Gasteiger partial charge in [0, 0.05) is 6.07 Å². The van der Waals surface area contributed by atoms with Crippen LogP contribution in [0.15, 0.2) is 29.3 Å². The molecule has 1 aromatic heterocycles. The maximum absolute atomic E-state index is 11.9. The van der Waals surface area contributed by atoms with Gasteiger partial charge in [-0.2, -0.15) is 8.42 Å². The molecule has 3 rings (SSSR count). The van der Waals surface area contributed by atoms with Crippen molar-refractivity contribution in [3.8, 4) is 11.6 Å². The number of aromatic hydroxyl groups is 1. The van der Waals surface area contributed by atoms with E-state index in [1.54, 1.807) is 0 Å². The molecule has 2 N–H and O–H groups in total. The van der Waals surface area contributed by atoms with Crippen molar-refractivity contribution in [1.29, 1.82) is 0 Å². The fourth-order valence-corrected chi connectivity index (χ4v) is 3.20. The number of benzene rings is 1. The lowest BCUT2D eigenvalue weighted by Gasteiger charge is -2.15. The number of ether oxygens (including phenoxy) is 1. The normalized spacial score (nSPS) is 16.7. The van der Waals surface area contributed by atoms with Gasteiger partial charge in [0.25, 0.3) is 11.8 Å². The highest BCUT2D eigenvalue weighted by atomic mass is 32.2. The zero-order chi connectivity index (χ0) is 15.9. The Bertz CT molecular complexity index is 872. The SMILES string of the molecule is C=CCOc1noc2cc(O)c(N3CC(=O)NS3(=O)=O)cc12. The largest absolute Gasteiger partial charge is 0.506 e. The lowest BCUT2D eigenvalue weighted by molar-refractivity contribution is -0.117. The molecule has 1 aromatic carbocycles. The van der Waals surface area contributed by atoms with Crippen molar-refractivity contribution in [3.63, 3.8) is 0 Å². The van der Waals surface area contributed by atoms with Gasteiger partial charge in [-0.3, -0.25) is 4.79 Å². The van der Waals surface area contributed by atoms with Gasteiger partial charge >= 0.3 is 10.2 Å². The molecule has 2 heterocycles. The Morgan fingerprint density at radius 1 is 1.55 bits per heavy atom. The molecular weight excluding hydrogens is 314 g/mol. The summed E-state index contributed by atoms with van der Waals surface area (Å²) in [6, 6.07) is 2.54. The van der Waals surface area contributed by atoms with Crippen LogP contribution >= 0.6 is 0 Å². The van der Waals surface area contributed by atoms with Gasteiger partial charge in [-0.25, -0.2) is 9.03 Å². The highest BCUT2D eigenvalue weighted by Crippen LogP contribution is 2.37. The second-order valence-electron chi connectivity index (χ2n) is 4.46. The number of amides is 1. The molecule has 0 saturated carbocycles. The molecule has 0 atom stereocenters. The Labute approximate surface area is 124 Å². The fourth-order valence-electron chi connectivity index (χ4n) is 2.04. The summed E-state index contributed by atoms with van der Waals surface area (Å²) in [5, 5.41) is 14.0. The molecule has 1 fully saturated rings. The van der Waals surface area contributed by atoms with Gasteiger partial charge in [-0.1, -0.05) is 12.7 Å². The van der Waals surface area contributed by atoms with E-state index in [0.717, 1.165) is 4.31 Å². The summed E-state index contributed by atoms with van der Waals surface area (Å²) in [6.07, 6.45) is 1.51. The number of phenols is 1. The Kier molecular flexibility index (Phi) is 3.17. The Morgan fingerprint density at radius 3 is 2.95 bits per heavy atom. The molecule has 9 nitrogen and oxygen atoms in total. The number of fused-ring (bicyclic) bond motifs is 1. The van der Waals surface area contributed by atoms with Crippen LogP contribution in [-0.4, -0.2) is 37.7 Å². The first kappa shape index (κ1) is 14.2. The van der Waals surface area contributed by atoms with Gasteiger partial charge in [0.05, 0.1) is 11.1 Å².